The summed E-state index contributed by atoms with van der Waals surface area (Å²) in [5.74, 6) is 5.26. The number of rotatable bonds is 3. The number of halogens is 3. The van der Waals surface area contributed by atoms with Crippen LogP contribution in [0.25, 0.3) is 0 Å². The zero-order chi connectivity index (χ0) is 54.9. The van der Waals surface area contributed by atoms with Crippen LogP contribution in [-0.4, -0.2) is 35.7 Å². The summed E-state index contributed by atoms with van der Waals surface area (Å²) in [5.41, 5.74) is 8.61. The Morgan fingerprint density at radius 3 is 1.13 bits per heavy atom. The summed E-state index contributed by atoms with van der Waals surface area (Å²) in [6, 6.07) is 4.00. The topological polar surface area (TPSA) is 142 Å². The van der Waals surface area contributed by atoms with Crippen molar-refractivity contribution >= 4 is 71.9 Å². The van der Waals surface area contributed by atoms with Crippen LogP contribution in [0.3, 0.4) is 0 Å². The van der Waals surface area contributed by atoms with Gasteiger partial charge in [0, 0.05) is 65.0 Å². The van der Waals surface area contributed by atoms with Gasteiger partial charge in [0.25, 0.3) is 0 Å². The minimum atomic E-state index is -0.225. The summed E-state index contributed by atoms with van der Waals surface area (Å²) in [5, 5.41) is 76.4. The fraction of sp³-hybridized carbons (Fsp3) is 0.727. The zero-order valence-corrected chi connectivity index (χ0v) is 57.8. The lowest BCUT2D eigenvalue weighted by Gasteiger charge is -2.58. The van der Waals surface area contributed by atoms with Crippen molar-refractivity contribution in [1.29, 1.82) is 0 Å². The number of hydrogen-bond donors (Lipinski definition) is 7. The monoisotopic (exact) mass is 1400 g/mol. The van der Waals surface area contributed by atoms with Gasteiger partial charge in [-0.3, -0.25) is 0 Å². The van der Waals surface area contributed by atoms with Gasteiger partial charge < -0.3 is 35.7 Å². The highest BCUT2D eigenvalue weighted by molar-refractivity contribution is 14.0. The first-order chi connectivity index (χ1) is 33.5. The third-order valence-electron chi connectivity index (χ3n) is 22.2. The molecule has 0 radical (unpaired) electrons. The summed E-state index contributed by atoms with van der Waals surface area (Å²) in [6.07, 6.45) is 10.3. The number of hydrogen-bond acceptors (Lipinski definition) is 7. The Bertz CT molecular complexity index is 2580. The lowest BCUT2D eigenvalue weighted by Crippen LogP contribution is -2.52. The van der Waals surface area contributed by atoms with E-state index in [0.29, 0.717) is 58.5 Å². The molecule has 3 aromatic rings. The van der Waals surface area contributed by atoms with Gasteiger partial charge in [0.15, 0.2) is 23.0 Å². The average molecular weight is 1400 g/mol. The van der Waals surface area contributed by atoms with E-state index in [1.807, 2.05) is 19.9 Å². The van der Waals surface area contributed by atoms with Crippen LogP contribution in [0.2, 0.25) is 0 Å². The molecule has 3 aromatic carbocycles. The largest absolute Gasteiger partial charge is 0.508 e. The maximum Gasteiger partial charge on any atom is 0.165 e. The van der Waals surface area contributed by atoms with E-state index >= 15 is 0 Å². The van der Waals surface area contributed by atoms with Crippen molar-refractivity contribution in [3.8, 4) is 40.2 Å². The fourth-order valence-electron chi connectivity index (χ4n) is 19.2. The average Bonchev–Trinajstić information content (AvgIpc) is 3.25. The normalized spacial score (nSPS) is 33.1. The van der Waals surface area contributed by atoms with Crippen LogP contribution in [0.4, 0.5) is 0 Å². The van der Waals surface area contributed by atoms with Gasteiger partial charge >= 0.3 is 0 Å². The number of aromatic hydroxyl groups is 7. The number of benzene rings is 3. The molecule has 6 aliphatic rings. The molecule has 3 saturated carbocycles. The maximum atomic E-state index is 11.1. The van der Waals surface area contributed by atoms with Gasteiger partial charge in [-0.15, -0.1) is 71.9 Å². The number of phenols is 7. The third kappa shape index (κ3) is 10.4. The zero-order valence-electron chi connectivity index (χ0n) is 50.8. The highest BCUT2D eigenvalue weighted by Gasteiger charge is 2.59. The smallest absolute Gasteiger partial charge is 0.165 e. The van der Waals surface area contributed by atoms with Gasteiger partial charge in [0.1, 0.15) is 17.2 Å². The van der Waals surface area contributed by atoms with Gasteiger partial charge in [-0.05, 0) is 137 Å². The Kier molecular flexibility index (Phi) is 20.3. The second kappa shape index (κ2) is 23.0. The molecule has 3 fully saturated rings. The van der Waals surface area contributed by atoms with Crippen LogP contribution in [0, 0.1) is 51.8 Å². The van der Waals surface area contributed by atoms with Crippen molar-refractivity contribution in [2.75, 3.05) is 0 Å². The van der Waals surface area contributed by atoms with E-state index in [1.54, 1.807) is 0 Å². The molecule has 0 amide bonds. The van der Waals surface area contributed by atoms with Gasteiger partial charge in [-0.1, -0.05) is 171 Å². The highest BCUT2D eigenvalue weighted by atomic mass is 127. The van der Waals surface area contributed by atoms with E-state index in [9.17, 15) is 35.7 Å². The van der Waals surface area contributed by atoms with Crippen molar-refractivity contribution in [3.63, 3.8) is 0 Å². The SMILES string of the molecule is CC(C)c1c(O)c(O)c2c(c1O)C(C)C(C)C1C(C)(C)CCCC21C.CC(C)c1cc(O)c2c(c1O)C(C)C(C)C1C(C)(C)CCCC21C.CC(C)c1cc2c(c(O)c1O)C1(C)CCCC(C)(C)C1C(C)C2C.I.I.I.[HH].[HH].[HH]. The first-order valence-electron chi connectivity index (χ1n) is 29.0. The van der Waals surface area contributed by atoms with Crippen LogP contribution < -0.4 is 0 Å². The molecule has 7 N–H and O–H groups in total. The molecule has 7 nitrogen and oxygen atoms in total. The molecule has 0 saturated heterocycles. The van der Waals surface area contributed by atoms with Crippen LogP contribution >= 0.6 is 71.9 Å². The molecule has 6 aliphatic carbocycles. The molecule has 0 spiro atoms. The van der Waals surface area contributed by atoms with E-state index in [1.165, 1.54) is 37.7 Å². The molecular formula is C66H111I3O7. The second-order valence-corrected chi connectivity index (χ2v) is 29.1. The summed E-state index contributed by atoms with van der Waals surface area (Å²) < 4.78 is 0. The number of fused-ring (bicyclic) bond motifs is 9. The third-order valence-corrected chi connectivity index (χ3v) is 22.2. The van der Waals surface area contributed by atoms with Gasteiger partial charge in [-0.2, -0.15) is 0 Å². The lowest BCUT2D eigenvalue weighted by molar-refractivity contribution is -0.00675. The Morgan fingerprint density at radius 1 is 0.395 bits per heavy atom. The quantitative estimate of drug-likeness (QED) is 0.0787. The van der Waals surface area contributed by atoms with Gasteiger partial charge in [0.05, 0.1) is 0 Å². The van der Waals surface area contributed by atoms with Crippen molar-refractivity contribution in [1.82, 2.24) is 0 Å². The Labute approximate surface area is 516 Å². The minimum Gasteiger partial charge on any atom is -0.508 e. The lowest BCUT2D eigenvalue weighted by atomic mass is 9.45. The van der Waals surface area contributed by atoms with Gasteiger partial charge in [-0.25, -0.2) is 0 Å². The summed E-state index contributed by atoms with van der Waals surface area (Å²) in [4.78, 5) is 0. The first kappa shape index (κ1) is 67.0. The predicted molar refractivity (Wildman–Crippen MR) is 354 cm³/mol. The molecule has 0 aliphatic heterocycles. The van der Waals surface area contributed by atoms with Crippen molar-refractivity contribution < 1.29 is 40.0 Å². The van der Waals surface area contributed by atoms with E-state index in [0.717, 1.165) is 64.6 Å². The van der Waals surface area contributed by atoms with E-state index in [2.05, 4.69) is 138 Å². The number of phenolic OH excluding ortho intramolecular Hbond substituents is 7. The van der Waals surface area contributed by atoms with Crippen LogP contribution in [0.1, 0.15) is 293 Å². The van der Waals surface area contributed by atoms with Crippen LogP contribution in [0.15, 0.2) is 12.1 Å². The van der Waals surface area contributed by atoms with Crippen molar-refractivity contribution in [3.05, 3.63) is 62.2 Å². The molecule has 12 unspecified atom stereocenters. The van der Waals surface area contributed by atoms with Gasteiger partial charge in [0.2, 0.25) is 0 Å². The maximum absolute atomic E-state index is 11.1. The molecule has 76 heavy (non-hydrogen) atoms. The van der Waals surface area contributed by atoms with Crippen LogP contribution in [-0.2, 0) is 16.2 Å². The molecule has 438 valence electrons. The minimum absolute atomic E-state index is 0. The van der Waals surface area contributed by atoms with Crippen molar-refractivity contribution in [2.24, 2.45) is 51.8 Å². The predicted octanol–water partition coefficient (Wildman–Crippen LogP) is 20.5. The highest BCUT2D eigenvalue weighted by Crippen LogP contribution is 2.69. The summed E-state index contributed by atoms with van der Waals surface area (Å²) >= 11 is 0. The Balaban J connectivity index is 0.000000571. The molecule has 0 heterocycles. The van der Waals surface area contributed by atoms with Crippen molar-refractivity contribution in [2.45, 2.75) is 255 Å². The van der Waals surface area contributed by atoms with Crippen LogP contribution in [0.5, 0.6) is 40.2 Å². The fourth-order valence-corrected chi connectivity index (χ4v) is 19.2. The Morgan fingerprint density at radius 2 is 0.737 bits per heavy atom. The molecule has 0 aromatic heterocycles. The molecular weight excluding hydrogens is 1290 g/mol. The molecule has 0 bridgehead atoms. The second-order valence-electron chi connectivity index (χ2n) is 29.1. The Hall–Kier alpha value is -1.55. The van der Waals surface area contributed by atoms with E-state index < -0.39 is 0 Å². The molecule has 12 atom stereocenters. The van der Waals surface area contributed by atoms with E-state index in [-0.39, 0.29) is 167 Å². The first-order valence-corrected chi connectivity index (χ1v) is 29.0. The molecule has 10 heteroatoms. The summed E-state index contributed by atoms with van der Waals surface area (Å²) in [7, 11) is 0. The standard InChI is InChI=1S/C22H34O3.2C22H34O2.3HI.3H2/c1-11(2)14-17(23)15-12(3)13(4)20-21(5,6)9-8-10-22(20,7)16(15)19(25)18(14)24;1-12(2)15-11-16(23)18-17(19(15)24)13(3)14(4)20-21(5,6)9-8-10-22(18,20)7;1-12(2)15-11-16-13(3)14(4)20-21(5,6)9-8-10-22(20,7)17(16)19(24)18(15)23;;;;;;/h11-13,20,23-25H,8-10H2,1-7H3;2*11-14,20,23-24H,8-10H2,1-7H3;6*1H. The van der Waals surface area contributed by atoms with E-state index in [4.69, 9.17) is 0 Å². The molecule has 9 rings (SSSR count). The summed E-state index contributed by atoms with van der Waals surface area (Å²) in [6.45, 7) is 47.0.